The van der Waals surface area contributed by atoms with Gasteiger partial charge in [0.05, 0.1) is 21.8 Å². The summed E-state index contributed by atoms with van der Waals surface area (Å²) in [6.45, 7) is 5.49. The average molecular weight is 373 g/mol. The fourth-order valence-electron chi connectivity index (χ4n) is 1.84. The number of nitrogens with one attached hydrogen (secondary N) is 2. The van der Waals surface area contributed by atoms with Crippen LogP contribution in [-0.2, 0) is 6.18 Å². The molecule has 25 heavy (non-hydrogen) atoms. The van der Waals surface area contributed by atoms with Crippen molar-refractivity contribution < 1.29 is 18.0 Å². The number of hydrogen-bond acceptors (Lipinski definition) is 4. The Balaban J connectivity index is 2.18. The Labute approximate surface area is 147 Å². The van der Waals surface area contributed by atoms with Gasteiger partial charge in [0.25, 0.3) is 5.91 Å². The Hall–Kier alpha value is -2.35. The molecule has 134 valence electrons. The maximum atomic E-state index is 12.8. The van der Waals surface area contributed by atoms with Crippen LogP contribution in [0.25, 0.3) is 0 Å². The molecule has 0 spiro atoms. The molecule has 0 saturated carbocycles. The second kappa shape index (κ2) is 6.87. The van der Waals surface area contributed by atoms with Gasteiger partial charge in [0.1, 0.15) is 0 Å². The van der Waals surface area contributed by atoms with Crippen LogP contribution < -0.4 is 10.6 Å². The summed E-state index contributed by atoms with van der Waals surface area (Å²) >= 11 is 5.90. The maximum absolute atomic E-state index is 12.8. The minimum absolute atomic E-state index is 0.0170. The van der Waals surface area contributed by atoms with Crippen LogP contribution in [0.3, 0.4) is 0 Å². The first-order valence-corrected chi connectivity index (χ1v) is 7.62. The first kappa shape index (κ1) is 19.0. The lowest BCUT2D eigenvalue weighted by atomic mass is 10.1. The van der Waals surface area contributed by atoms with Crippen LogP contribution in [0.15, 0.2) is 30.6 Å². The van der Waals surface area contributed by atoms with E-state index in [4.69, 9.17) is 11.6 Å². The van der Waals surface area contributed by atoms with Gasteiger partial charge >= 0.3 is 6.18 Å². The van der Waals surface area contributed by atoms with Crippen LogP contribution in [0.4, 0.5) is 24.8 Å². The molecule has 0 saturated heterocycles. The van der Waals surface area contributed by atoms with E-state index >= 15 is 0 Å². The minimum atomic E-state index is -4.49. The molecular weight excluding hydrogens is 357 g/mol. The quantitative estimate of drug-likeness (QED) is 0.837. The zero-order chi connectivity index (χ0) is 18.8. The molecule has 1 heterocycles. The minimum Gasteiger partial charge on any atom is -0.347 e. The number of carbonyl (C=O) groups is 1. The molecule has 0 aliphatic heterocycles. The molecule has 0 fully saturated rings. The fourth-order valence-corrected chi connectivity index (χ4v) is 2.01. The summed E-state index contributed by atoms with van der Waals surface area (Å²) in [4.78, 5) is 19.9. The van der Waals surface area contributed by atoms with Crippen molar-refractivity contribution in [2.24, 2.45) is 0 Å². The smallest absolute Gasteiger partial charge is 0.347 e. The number of alkyl halides is 3. The lowest BCUT2D eigenvalue weighted by Gasteiger charge is -2.20. The first-order chi connectivity index (χ1) is 11.5. The molecule has 5 nitrogen and oxygen atoms in total. The van der Waals surface area contributed by atoms with Crippen molar-refractivity contribution in [1.82, 2.24) is 15.3 Å². The standard InChI is InChI=1S/C16H16ClF3N4O/c1-15(2,3)24-13(25)9-7-21-14(22-8-9)23-12-6-10(16(18,19)20)4-5-11(12)17/h4-8H,1-3H3,(H,24,25)(H,21,22,23). The van der Waals surface area contributed by atoms with Gasteiger partial charge in [0, 0.05) is 17.9 Å². The highest BCUT2D eigenvalue weighted by Crippen LogP contribution is 2.34. The Bertz CT molecular complexity index is 770. The third-order valence-corrected chi connectivity index (χ3v) is 3.27. The largest absolute Gasteiger partial charge is 0.416 e. The molecule has 0 aliphatic rings. The highest BCUT2D eigenvalue weighted by Gasteiger charge is 2.31. The van der Waals surface area contributed by atoms with E-state index in [1.54, 1.807) is 0 Å². The molecule has 1 aromatic heterocycles. The Morgan fingerprint density at radius 3 is 2.24 bits per heavy atom. The third kappa shape index (κ3) is 5.32. The van der Waals surface area contributed by atoms with E-state index in [1.165, 1.54) is 12.4 Å². The molecular formula is C16H16ClF3N4O. The molecule has 0 bridgehead atoms. The molecule has 0 unspecified atom stereocenters. The number of amides is 1. The van der Waals surface area contributed by atoms with Gasteiger partial charge in [-0.1, -0.05) is 11.6 Å². The summed E-state index contributed by atoms with van der Waals surface area (Å²) < 4.78 is 38.3. The van der Waals surface area contributed by atoms with Crippen molar-refractivity contribution >= 4 is 29.1 Å². The Morgan fingerprint density at radius 1 is 1.12 bits per heavy atom. The number of halogens is 4. The van der Waals surface area contributed by atoms with Gasteiger partial charge in [-0.25, -0.2) is 9.97 Å². The van der Waals surface area contributed by atoms with E-state index in [0.717, 1.165) is 18.2 Å². The zero-order valence-corrected chi connectivity index (χ0v) is 14.5. The van der Waals surface area contributed by atoms with E-state index < -0.39 is 17.3 Å². The molecule has 2 aromatic rings. The lowest BCUT2D eigenvalue weighted by molar-refractivity contribution is -0.137. The van der Waals surface area contributed by atoms with Crippen LogP contribution in [0.2, 0.25) is 5.02 Å². The van der Waals surface area contributed by atoms with Gasteiger partial charge in [0.2, 0.25) is 5.95 Å². The van der Waals surface area contributed by atoms with Crippen LogP contribution >= 0.6 is 11.6 Å². The Morgan fingerprint density at radius 2 is 1.72 bits per heavy atom. The molecule has 1 amide bonds. The van der Waals surface area contributed by atoms with Gasteiger partial charge in [-0.05, 0) is 39.0 Å². The van der Waals surface area contributed by atoms with Crippen LogP contribution in [0.5, 0.6) is 0 Å². The summed E-state index contributed by atoms with van der Waals surface area (Å²) in [6, 6.07) is 2.89. The summed E-state index contributed by atoms with van der Waals surface area (Å²) in [7, 11) is 0. The van der Waals surface area contributed by atoms with Gasteiger partial charge in [-0.15, -0.1) is 0 Å². The van der Waals surface area contributed by atoms with E-state index in [1.807, 2.05) is 20.8 Å². The third-order valence-electron chi connectivity index (χ3n) is 2.94. The molecule has 9 heteroatoms. The van der Waals surface area contributed by atoms with Crippen molar-refractivity contribution in [3.63, 3.8) is 0 Å². The zero-order valence-electron chi connectivity index (χ0n) is 13.7. The number of rotatable bonds is 3. The van der Waals surface area contributed by atoms with Crippen LogP contribution in [-0.4, -0.2) is 21.4 Å². The van der Waals surface area contributed by atoms with Crippen molar-refractivity contribution in [3.8, 4) is 0 Å². The second-order valence-electron chi connectivity index (χ2n) is 6.32. The fraction of sp³-hybridized carbons (Fsp3) is 0.312. The average Bonchev–Trinajstić information content (AvgIpc) is 2.47. The van der Waals surface area contributed by atoms with Crippen molar-refractivity contribution in [2.45, 2.75) is 32.5 Å². The van der Waals surface area contributed by atoms with E-state index in [9.17, 15) is 18.0 Å². The summed E-state index contributed by atoms with van der Waals surface area (Å²) in [6.07, 6.45) is -1.94. The van der Waals surface area contributed by atoms with E-state index in [-0.39, 0.29) is 28.1 Å². The molecule has 2 rings (SSSR count). The lowest BCUT2D eigenvalue weighted by Crippen LogP contribution is -2.40. The second-order valence-corrected chi connectivity index (χ2v) is 6.72. The first-order valence-electron chi connectivity index (χ1n) is 7.24. The van der Waals surface area contributed by atoms with E-state index in [0.29, 0.717) is 0 Å². The number of hydrogen-bond donors (Lipinski definition) is 2. The maximum Gasteiger partial charge on any atom is 0.416 e. The number of aromatic nitrogens is 2. The number of benzene rings is 1. The molecule has 1 aromatic carbocycles. The number of anilines is 2. The van der Waals surface area contributed by atoms with Gasteiger partial charge in [-0.2, -0.15) is 13.2 Å². The predicted octanol–water partition coefficient (Wildman–Crippen LogP) is 4.42. The number of nitrogens with zero attached hydrogens (tertiary/aromatic N) is 2. The monoisotopic (exact) mass is 372 g/mol. The predicted molar refractivity (Wildman–Crippen MR) is 89.0 cm³/mol. The normalized spacial score (nSPS) is 12.0. The highest BCUT2D eigenvalue weighted by molar-refractivity contribution is 6.33. The molecule has 0 aliphatic carbocycles. The van der Waals surface area contributed by atoms with Crippen molar-refractivity contribution in [2.75, 3.05) is 5.32 Å². The molecule has 0 radical (unpaired) electrons. The topological polar surface area (TPSA) is 66.9 Å². The summed E-state index contributed by atoms with van der Waals surface area (Å²) in [5.41, 5.74) is -1.01. The van der Waals surface area contributed by atoms with Gasteiger partial charge in [0.15, 0.2) is 0 Å². The highest BCUT2D eigenvalue weighted by atomic mass is 35.5. The molecule has 2 N–H and O–H groups in total. The summed E-state index contributed by atoms with van der Waals surface area (Å²) in [5.74, 6) is -0.329. The SMILES string of the molecule is CC(C)(C)NC(=O)c1cnc(Nc2cc(C(F)(F)F)ccc2Cl)nc1. The summed E-state index contributed by atoms with van der Waals surface area (Å²) in [5, 5.41) is 5.45. The van der Waals surface area contributed by atoms with Crippen LogP contribution in [0, 0.1) is 0 Å². The van der Waals surface area contributed by atoms with Gasteiger partial charge < -0.3 is 10.6 Å². The molecule has 0 atom stereocenters. The van der Waals surface area contributed by atoms with Crippen LogP contribution in [0.1, 0.15) is 36.7 Å². The van der Waals surface area contributed by atoms with Crippen molar-refractivity contribution in [1.29, 1.82) is 0 Å². The van der Waals surface area contributed by atoms with Gasteiger partial charge in [-0.3, -0.25) is 4.79 Å². The van der Waals surface area contributed by atoms with Crippen molar-refractivity contribution in [3.05, 3.63) is 46.7 Å². The Kier molecular flexibility index (Phi) is 5.22. The van der Waals surface area contributed by atoms with E-state index in [2.05, 4.69) is 20.6 Å². The number of carbonyl (C=O) groups excluding carboxylic acids is 1.